The number of quaternary nitrogens is 1. The lowest BCUT2D eigenvalue weighted by atomic mass is 10.1. The number of allylic oxidation sites excluding steroid dienone is 2. The molecule has 0 rings (SSSR count). The lowest BCUT2D eigenvalue weighted by Gasteiger charge is -2.32. The van der Waals surface area contributed by atoms with Crippen LogP contribution in [0.3, 0.4) is 0 Å². The van der Waals surface area contributed by atoms with E-state index in [0.717, 1.165) is 43.4 Å². The lowest BCUT2D eigenvalue weighted by molar-refractivity contribution is -0.900. The number of carbonyl (C=O) groups is 1. The average molecular weight is 396 g/mol. The quantitative estimate of drug-likeness (QED) is 0.139. The molecule has 0 aromatic carbocycles. The molecule has 0 saturated heterocycles. The second-order valence-electron chi connectivity index (χ2n) is 8.83. The van der Waals surface area contributed by atoms with E-state index in [1.807, 2.05) is 0 Å². The zero-order chi connectivity index (χ0) is 20.9. The summed E-state index contributed by atoms with van der Waals surface area (Å²) in [6.07, 6.45) is 23.4. The van der Waals surface area contributed by atoms with E-state index in [0.29, 0.717) is 12.3 Å². The van der Waals surface area contributed by atoms with Crippen molar-refractivity contribution in [3.8, 4) is 0 Å². The Morgan fingerprint density at radius 3 is 1.86 bits per heavy atom. The van der Waals surface area contributed by atoms with Crippen LogP contribution in [-0.4, -0.2) is 43.5 Å². The van der Waals surface area contributed by atoms with Gasteiger partial charge < -0.3 is 10.2 Å². The zero-order valence-electron chi connectivity index (χ0n) is 19.5. The molecular weight excluding hydrogens is 344 g/mol. The Labute approximate surface area is 176 Å². The van der Waals surface area contributed by atoms with Gasteiger partial charge in [-0.05, 0) is 45.6 Å². The molecule has 0 bridgehead atoms. The van der Waals surface area contributed by atoms with Crippen LogP contribution in [0, 0.1) is 0 Å². The van der Waals surface area contributed by atoms with Gasteiger partial charge in [-0.25, -0.2) is 0 Å². The summed E-state index contributed by atoms with van der Waals surface area (Å²) in [6.45, 7) is 7.88. The van der Waals surface area contributed by atoms with Crippen molar-refractivity contribution in [2.75, 3.05) is 33.2 Å². The highest BCUT2D eigenvalue weighted by Gasteiger charge is 2.22. The summed E-state index contributed by atoms with van der Waals surface area (Å²) in [5.74, 6) is 0.430. The van der Waals surface area contributed by atoms with E-state index in [4.69, 9.17) is 5.73 Å². The first-order valence-electron chi connectivity index (χ1n) is 12.3. The average Bonchev–Trinajstić information content (AvgIpc) is 2.69. The summed E-state index contributed by atoms with van der Waals surface area (Å²) in [7, 11) is 2.19. The molecule has 0 amide bonds. The largest absolute Gasteiger partial charge is 0.330 e. The van der Waals surface area contributed by atoms with Gasteiger partial charge in [0.05, 0.1) is 20.1 Å². The van der Waals surface area contributed by atoms with Crippen LogP contribution >= 0.6 is 0 Å². The molecule has 1 unspecified atom stereocenters. The van der Waals surface area contributed by atoms with Crippen LogP contribution in [0.5, 0.6) is 0 Å². The van der Waals surface area contributed by atoms with Crippen molar-refractivity contribution in [3.05, 3.63) is 12.2 Å². The van der Waals surface area contributed by atoms with Crippen molar-refractivity contribution < 1.29 is 9.28 Å². The molecule has 166 valence electrons. The molecule has 3 nitrogen and oxygen atoms in total. The zero-order valence-corrected chi connectivity index (χ0v) is 19.5. The number of hydrogen-bond acceptors (Lipinski definition) is 2. The minimum absolute atomic E-state index is 0.430. The molecule has 0 aliphatic heterocycles. The SMILES string of the molecule is CCCCCCCC/C=C\CCCCCCCC(=O)C[N+](C)(CC)CCCN. The summed E-state index contributed by atoms with van der Waals surface area (Å²) in [5, 5.41) is 0. The number of nitrogens with zero attached hydrogens (tertiary/aromatic N) is 1. The molecule has 0 radical (unpaired) electrons. The third-order valence-electron chi connectivity index (χ3n) is 5.94. The van der Waals surface area contributed by atoms with Gasteiger partial charge in [-0.2, -0.15) is 0 Å². The fraction of sp³-hybridized carbons (Fsp3) is 0.880. The smallest absolute Gasteiger partial charge is 0.186 e. The highest BCUT2D eigenvalue weighted by molar-refractivity contribution is 5.79. The monoisotopic (exact) mass is 395 g/mol. The van der Waals surface area contributed by atoms with Crippen molar-refractivity contribution in [1.29, 1.82) is 0 Å². The topological polar surface area (TPSA) is 43.1 Å². The van der Waals surface area contributed by atoms with E-state index >= 15 is 0 Å². The number of carbonyl (C=O) groups excluding carboxylic acids is 1. The van der Waals surface area contributed by atoms with Crippen molar-refractivity contribution in [3.63, 3.8) is 0 Å². The Balaban J connectivity index is 3.49. The molecule has 0 fully saturated rings. The molecule has 0 aliphatic carbocycles. The first kappa shape index (κ1) is 27.3. The predicted molar refractivity (Wildman–Crippen MR) is 125 cm³/mol. The summed E-state index contributed by atoms with van der Waals surface area (Å²) >= 11 is 0. The minimum Gasteiger partial charge on any atom is -0.330 e. The highest BCUT2D eigenvalue weighted by Crippen LogP contribution is 2.11. The summed E-state index contributed by atoms with van der Waals surface area (Å²) in [6, 6.07) is 0. The highest BCUT2D eigenvalue weighted by atomic mass is 16.1. The number of unbranched alkanes of at least 4 members (excludes halogenated alkanes) is 11. The maximum absolute atomic E-state index is 12.3. The Hall–Kier alpha value is -0.670. The third-order valence-corrected chi connectivity index (χ3v) is 5.94. The van der Waals surface area contributed by atoms with Crippen molar-refractivity contribution in [2.24, 2.45) is 5.73 Å². The molecule has 1 atom stereocenters. The van der Waals surface area contributed by atoms with E-state index in [1.54, 1.807) is 0 Å². The first-order valence-corrected chi connectivity index (χ1v) is 12.3. The van der Waals surface area contributed by atoms with E-state index < -0.39 is 0 Å². The van der Waals surface area contributed by atoms with Crippen LogP contribution in [0.15, 0.2) is 12.2 Å². The summed E-state index contributed by atoms with van der Waals surface area (Å²) in [5.41, 5.74) is 5.62. The summed E-state index contributed by atoms with van der Waals surface area (Å²) in [4.78, 5) is 12.3. The molecule has 28 heavy (non-hydrogen) atoms. The van der Waals surface area contributed by atoms with E-state index in [2.05, 4.69) is 33.0 Å². The third kappa shape index (κ3) is 17.4. The van der Waals surface area contributed by atoms with Crippen LogP contribution in [0.25, 0.3) is 0 Å². The number of likely N-dealkylation sites (N-methyl/N-ethyl adjacent to an activating group) is 1. The van der Waals surface area contributed by atoms with Crippen LogP contribution in [0.2, 0.25) is 0 Å². The van der Waals surface area contributed by atoms with Crippen LogP contribution in [-0.2, 0) is 4.79 Å². The Bertz CT molecular complexity index is 381. The second kappa shape index (κ2) is 19.6. The van der Waals surface area contributed by atoms with E-state index in [9.17, 15) is 4.79 Å². The van der Waals surface area contributed by atoms with E-state index in [-0.39, 0.29) is 0 Å². The van der Waals surface area contributed by atoms with Gasteiger partial charge >= 0.3 is 0 Å². The van der Waals surface area contributed by atoms with Gasteiger partial charge in [-0.3, -0.25) is 4.79 Å². The normalized spacial score (nSPS) is 13.9. The molecule has 0 aliphatic rings. The molecule has 0 aromatic heterocycles. The molecule has 0 aromatic rings. The van der Waals surface area contributed by atoms with Crippen LogP contribution in [0.4, 0.5) is 0 Å². The number of nitrogens with two attached hydrogens (primary N) is 1. The number of Topliss-reactive ketones (excluding diaryl/α,β-unsaturated/α-hetero) is 1. The molecule has 2 N–H and O–H groups in total. The Kier molecular flexibility index (Phi) is 19.2. The maximum Gasteiger partial charge on any atom is 0.186 e. The number of ketones is 1. The second-order valence-corrected chi connectivity index (χ2v) is 8.83. The van der Waals surface area contributed by atoms with Gasteiger partial charge in [0.15, 0.2) is 5.78 Å². The van der Waals surface area contributed by atoms with Crippen LogP contribution in [0.1, 0.15) is 110 Å². The van der Waals surface area contributed by atoms with Crippen molar-refractivity contribution >= 4 is 5.78 Å². The predicted octanol–water partition coefficient (Wildman–Crippen LogP) is 6.41. The molecular formula is C25H51N2O+. The fourth-order valence-corrected chi connectivity index (χ4v) is 3.72. The van der Waals surface area contributed by atoms with Gasteiger partial charge in [-0.15, -0.1) is 0 Å². The number of hydrogen-bond donors (Lipinski definition) is 1. The maximum atomic E-state index is 12.3. The fourth-order valence-electron chi connectivity index (χ4n) is 3.72. The molecule has 0 saturated carbocycles. The Morgan fingerprint density at radius 1 is 0.786 bits per heavy atom. The minimum atomic E-state index is 0.430. The summed E-state index contributed by atoms with van der Waals surface area (Å²) < 4.78 is 0.848. The van der Waals surface area contributed by atoms with Crippen molar-refractivity contribution in [1.82, 2.24) is 0 Å². The van der Waals surface area contributed by atoms with Gasteiger partial charge in [0.25, 0.3) is 0 Å². The lowest BCUT2D eigenvalue weighted by Crippen LogP contribution is -2.48. The van der Waals surface area contributed by atoms with Crippen LogP contribution < -0.4 is 5.73 Å². The first-order chi connectivity index (χ1) is 13.6. The molecule has 0 spiro atoms. The van der Waals surface area contributed by atoms with Gasteiger partial charge in [0, 0.05) is 12.8 Å². The van der Waals surface area contributed by atoms with Crippen molar-refractivity contribution in [2.45, 2.75) is 110 Å². The molecule has 3 heteroatoms. The van der Waals surface area contributed by atoms with Gasteiger partial charge in [-0.1, -0.05) is 70.4 Å². The van der Waals surface area contributed by atoms with Gasteiger partial charge in [0.1, 0.15) is 6.54 Å². The molecule has 0 heterocycles. The van der Waals surface area contributed by atoms with E-state index in [1.165, 1.54) is 77.0 Å². The Morgan fingerprint density at radius 2 is 1.32 bits per heavy atom. The number of rotatable bonds is 21. The van der Waals surface area contributed by atoms with Gasteiger partial charge in [0.2, 0.25) is 0 Å². The standard InChI is InChI=1S/C25H51N2O/c1-4-6-7-8-9-10-11-12-13-14-15-16-17-18-19-21-25(28)24-27(3,5-2)23-20-22-26/h12-13H,4-11,14-24,26H2,1-3H3/q+1/b13-12-.